The first kappa shape index (κ1) is 21.3. The molecule has 0 amide bonds. The van der Waals surface area contributed by atoms with Crippen molar-refractivity contribution in [2.75, 3.05) is 11.9 Å². The van der Waals surface area contributed by atoms with E-state index in [1.165, 1.54) is 18.5 Å². The molecule has 10 heteroatoms. The van der Waals surface area contributed by atoms with Crippen LogP contribution in [0, 0.1) is 12.8 Å². The fraction of sp³-hybridized carbons (Fsp3) is 0.316. The molecule has 0 radical (unpaired) electrons. The molecule has 5 nitrogen and oxygen atoms in total. The summed E-state index contributed by atoms with van der Waals surface area (Å²) in [5.74, 6) is -0.150. The molecule has 3 aromatic rings. The molecule has 0 saturated heterocycles. The Labute approximate surface area is 173 Å². The molecule has 0 aliphatic heterocycles. The Hall–Kier alpha value is -2.39. The molecule has 0 aliphatic rings. The molecule has 3 rings (SSSR count). The van der Waals surface area contributed by atoms with Crippen LogP contribution < -0.4 is 5.32 Å². The first-order chi connectivity index (χ1) is 13.6. The lowest BCUT2D eigenvalue weighted by molar-refractivity contribution is -0.136. The van der Waals surface area contributed by atoms with Crippen LogP contribution >= 0.6 is 22.9 Å². The number of alkyl halides is 3. The zero-order chi connectivity index (χ0) is 21.3. The van der Waals surface area contributed by atoms with Gasteiger partial charge in [-0.1, -0.05) is 25.4 Å². The average Bonchev–Trinajstić information content (AvgIpc) is 2.98. The number of aryl methyl sites for hydroxylation is 1. The Morgan fingerprint density at radius 2 is 2.03 bits per heavy atom. The largest absolute Gasteiger partial charge is 0.461 e. The van der Waals surface area contributed by atoms with Crippen LogP contribution in [0.2, 0.25) is 5.02 Å². The Morgan fingerprint density at radius 1 is 1.31 bits per heavy atom. The van der Waals surface area contributed by atoms with Gasteiger partial charge in [-0.05, 0) is 36.6 Å². The molecule has 1 N–H and O–H groups in total. The third kappa shape index (κ3) is 4.62. The molecule has 0 atom stereocenters. The number of halogens is 4. The zero-order valence-electron chi connectivity index (χ0n) is 15.7. The Bertz CT molecular complexity index is 1070. The number of carbonyl (C=O) groups excluding carboxylic acids is 1. The van der Waals surface area contributed by atoms with E-state index in [2.05, 4.69) is 15.3 Å². The number of benzene rings is 1. The van der Waals surface area contributed by atoms with Crippen molar-refractivity contribution < 1.29 is 22.7 Å². The van der Waals surface area contributed by atoms with Crippen LogP contribution in [-0.4, -0.2) is 22.5 Å². The fourth-order valence-electron chi connectivity index (χ4n) is 2.66. The second-order valence-electron chi connectivity index (χ2n) is 6.76. The van der Waals surface area contributed by atoms with Gasteiger partial charge in [0.25, 0.3) is 0 Å². The van der Waals surface area contributed by atoms with Crippen LogP contribution in [-0.2, 0) is 10.9 Å². The van der Waals surface area contributed by atoms with Crippen molar-refractivity contribution in [3.05, 3.63) is 45.6 Å². The lowest BCUT2D eigenvalue weighted by Crippen LogP contribution is -2.10. The molecule has 0 aliphatic carbocycles. The summed E-state index contributed by atoms with van der Waals surface area (Å²) in [7, 11) is 0. The van der Waals surface area contributed by atoms with E-state index in [4.69, 9.17) is 16.3 Å². The molecule has 0 spiro atoms. The van der Waals surface area contributed by atoms with E-state index in [1.807, 2.05) is 13.8 Å². The maximum atomic E-state index is 13.4. The van der Waals surface area contributed by atoms with Crippen LogP contribution in [0.15, 0.2) is 24.5 Å². The molecule has 0 fully saturated rings. The van der Waals surface area contributed by atoms with Crippen LogP contribution in [0.4, 0.5) is 24.7 Å². The van der Waals surface area contributed by atoms with Crippen molar-refractivity contribution in [1.29, 1.82) is 0 Å². The number of hydrogen-bond donors (Lipinski definition) is 1. The maximum Gasteiger partial charge on any atom is 0.418 e. The Morgan fingerprint density at radius 3 is 2.69 bits per heavy atom. The van der Waals surface area contributed by atoms with Gasteiger partial charge in [0.1, 0.15) is 21.9 Å². The average molecular weight is 444 g/mol. The van der Waals surface area contributed by atoms with E-state index in [-0.39, 0.29) is 29.1 Å². The summed E-state index contributed by atoms with van der Waals surface area (Å²) in [6.45, 7) is 5.79. The van der Waals surface area contributed by atoms with Gasteiger partial charge in [-0.25, -0.2) is 14.8 Å². The Kier molecular flexibility index (Phi) is 6.00. The predicted octanol–water partition coefficient (Wildman–Crippen LogP) is 6.23. The normalized spacial score (nSPS) is 11.9. The van der Waals surface area contributed by atoms with Crippen LogP contribution in [0.1, 0.15) is 34.6 Å². The highest BCUT2D eigenvalue weighted by molar-refractivity contribution is 7.20. The molecule has 0 unspecified atom stereocenters. The van der Waals surface area contributed by atoms with E-state index >= 15 is 0 Å². The minimum atomic E-state index is -4.60. The lowest BCUT2D eigenvalue weighted by Gasteiger charge is -2.15. The Balaban J connectivity index is 2.03. The highest BCUT2D eigenvalue weighted by atomic mass is 35.5. The molecule has 2 aromatic heterocycles. The molecular formula is C19H17ClF3N3O2S. The molecule has 0 bridgehead atoms. The number of anilines is 2. The van der Waals surface area contributed by atoms with Gasteiger partial charge in [0.05, 0.1) is 23.2 Å². The highest BCUT2D eigenvalue weighted by Gasteiger charge is 2.34. The van der Waals surface area contributed by atoms with Gasteiger partial charge in [-0.15, -0.1) is 11.3 Å². The number of thiophene rings is 1. The molecule has 154 valence electrons. The van der Waals surface area contributed by atoms with Gasteiger partial charge in [-0.2, -0.15) is 13.2 Å². The SMILES string of the molecule is Cc1c(C(=O)OCC(C)C)sc2ncnc(Nc3ccc(Cl)cc3C(F)(F)F)c12. The standard InChI is InChI=1S/C19H17ClF3N3O2S/c1-9(2)7-28-18(27)15-10(3)14-16(24-8-25-17(14)29-15)26-13-5-4-11(20)6-12(13)19(21,22)23/h4-6,8-9H,7H2,1-3H3,(H,24,25,26). The summed E-state index contributed by atoms with van der Waals surface area (Å²) in [6.07, 6.45) is -3.37. The molecule has 1 aromatic carbocycles. The van der Waals surface area contributed by atoms with E-state index in [0.29, 0.717) is 20.7 Å². The van der Waals surface area contributed by atoms with Gasteiger partial charge < -0.3 is 10.1 Å². The summed E-state index contributed by atoms with van der Waals surface area (Å²) in [5, 5.41) is 3.16. The minimum Gasteiger partial charge on any atom is -0.461 e. The van der Waals surface area contributed by atoms with Gasteiger partial charge >= 0.3 is 12.1 Å². The summed E-state index contributed by atoms with van der Waals surface area (Å²) in [6, 6.07) is 3.43. The van der Waals surface area contributed by atoms with Crippen LogP contribution in [0.25, 0.3) is 10.2 Å². The lowest BCUT2D eigenvalue weighted by atomic mass is 10.1. The zero-order valence-corrected chi connectivity index (χ0v) is 17.3. The van der Waals surface area contributed by atoms with Crippen molar-refractivity contribution in [2.45, 2.75) is 26.9 Å². The first-order valence-corrected chi connectivity index (χ1v) is 9.82. The van der Waals surface area contributed by atoms with E-state index in [0.717, 1.165) is 17.4 Å². The number of esters is 1. The van der Waals surface area contributed by atoms with Crippen molar-refractivity contribution in [3.8, 4) is 0 Å². The van der Waals surface area contributed by atoms with E-state index in [1.54, 1.807) is 6.92 Å². The summed E-state index contributed by atoms with van der Waals surface area (Å²) < 4.78 is 45.5. The van der Waals surface area contributed by atoms with Crippen LogP contribution in [0.5, 0.6) is 0 Å². The number of nitrogens with zero attached hydrogens (tertiary/aromatic N) is 2. The fourth-order valence-corrected chi connectivity index (χ4v) is 3.87. The number of ether oxygens (including phenoxy) is 1. The molecule has 29 heavy (non-hydrogen) atoms. The second-order valence-corrected chi connectivity index (χ2v) is 8.20. The molecule has 2 heterocycles. The van der Waals surface area contributed by atoms with Crippen molar-refractivity contribution in [3.63, 3.8) is 0 Å². The van der Waals surface area contributed by atoms with Gasteiger partial charge in [0.15, 0.2) is 0 Å². The predicted molar refractivity (Wildman–Crippen MR) is 107 cm³/mol. The number of fused-ring (bicyclic) bond motifs is 1. The minimum absolute atomic E-state index is 0.0300. The number of hydrogen-bond acceptors (Lipinski definition) is 6. The summed E-state index contributed by atoms with van der Waals surface area (Å²) in [4.78, 5) is 21.4. The topological polar surface area (TPSA) is 64.1 Å². The highest BCUT2D eigenvalue weighted by Crippen LogP contribution is 2.40. The number of rotatable bonds is 5. The van der Waals surface area contributed by atoms with Crippen molar-refractivity contribution >= 4 is 50.6 Å². The smallest absolute Gasteiger partial charge is 0.418 e. The summed E-state index contributed by atoms with van der Waals surface area (Å²) in [5.41, 5.74) is -0.568. The quantitative estimate of drug-likeness (QED) is 0.473. The number of aromatic nitrogens is 2. The third-order valence-corrected chi connectivity index (χ3v) is 5.42. The van der Waals surface area contributed by atoms with Crippen molar-refractivity contribution in [2.24, 2.45) is 5.92 Å². The molecular weight excluding hydrogens is 427 g/mol. The third-order valence-electron chi connectivity index (χ3n) is 4.00. The maximum absolute atomic E-state index is 13.4. The summed E-state index contributed by atoms with van der Waals surface area (Å²) >= 11 is 6.84. The van der Waals surface area contributed by atoms with Crippen LogP contribution in [0.3, 0.4) is 0 Å². The monoisotopic (exact) mass is 443 g/mol. The first-order valence-electron chi connectivity index (χ1n) is 8.63. The van der Waals surface area contributed by atoms with Gasteiger partial charge in [0.2, 0.25) is 0 Å². The second kappa shape index (κ2) is 8.16. The van der Waals surface area contributed by atoms with Crippen molar-refractivity contribution in [1.82, 2.24) is 9.97 Å². The van der Waals surface area contributed by atoms with Gasteiger partial charge in [-0.3, -0.25) is 0 Å². The van der Waals surface area contributed by atoms with E-state index < -0.39 is 17.7 Å². The molecule has 0 saturated carbocycles. The number of carbonyl (C=O) groups is 1. The van der Waals surface area contributed by atoms with Gasteiger partial charge in [0, 0.05) is 5.02 Å². The van der Waals surface area contributed by atoms with E-state index in [9.17, 15) is 18.0 Å². The number of nitrogens with one attached hydrogen (secondary N) is 1.